The lowest BCUT2D eigenvalue weighted by Gasteiger charge is -2.19. The summed E-state index contributed by atoms with van der Waals surface area (Å²) in [5, 5.41) is 4.61. The number of hydrogen-bond donors (Lipinski definition) is 2. The average molecular weight is 268 g/mol. The Kier molecular flexibility index (Phi) is 7.05. The van der Waals surface area contributed by atoms with Crippen LogP contribution in [0.4, 0.5) is 0 Å². The van der Waals surface area contributed by atoms with Crippen LogP contribution in [0.15, 0.2) is 12.3 Å². The molecule has 0 aliphatic carbocycles. The van der Waals surface area contributed by atoms with Crippen LogP contribution in [0.2, 0.25) is 0 Å². The Morgan fingerprint density at radius 3 is 2.79 bits per heavy atom. The first kappa shape index (κ1) is 16.1. The molecule has 0 aliphatic heterocycles. The number of nitrogens with one attached hydrogen (secondary N) is 1. The van der Waals surface area contributed by atoms with Gasteiger partial charge in [-0.15, -0.1) is 0 Å². The molecule has 0 amide bonds. The first-order valence-corrected chi connectivity index (χ1v) is 7.09. The van der Waals surface area contributed by atoms with Crippen molar-refractivity contribution >= 4 is 0 Å². The largest absolute Gasteiger partial charge is 0.384 e. The second-order valence-corrected chi connectivity index (χ2v) is 5.41. The number of nitrogens with zero attached hydrogens (tertiary/aromatic N) is 2. The SMILES string of the molecule is CCC(C)n1ccc(CC(CC(C)COC)NN)n1. The van der Waals surface area contributed by atoms with Crippen molar-refractivity contribution in [3.63, 3.8) is 0 Å². The molecule has 3 N–H and O–H groups in total. The van der Waals surface area contributed by atoms with Gasteiger partial charge in [0, 0.05) is 38.4 Å². The van der Waals surface area contributed by atoms with Gasteiger partial charge in [-0.2, -0.15) is 5.10 Å². The molecule has 0 spiro atoms. The van der Waals surface area contributed by atoms with Crippen LogP contribution in [0.25, 0.3) is 0 Å². The maximum absolute atomic E-state index is 5.63. The number of methoxy groups -OCH3 is 1. The molecule has 0 saturated heterocycles. The molecular weight excluding hydrogens is 240 g/mol. The maximum Gasteiger partial charge on any atom is 0.0640 e. The molecule has 110 valence electrons. The normalized spacial score (nSPS) is 16.3. The van der Waals surface area contributed by atoms with Gasteiger partial charge in [-0.3, -0.25) is 16.0 Å². The van der Waals surface area contributed by atoms with Gasteiger partial charge in [0.2, 0.25) is 0 Å². The van der Waals surface area contributed by atoms with Crippen molar-refractivity contribution in [2.45, 2.75) is 52.1 Å². The summed E-state index contributed by atoms with van der Waals surface area (Å²) in [6.45, 7) is 7.28. The van der Waals surface area contributed by atoms with E-state index >= 15 is 0 Å². The van der Waals surface area contributed by atoms with Gasteiger partial charge in [-0.1, -0.05) is 13.8 Å². The molecular formula is C14H28N4O. The maximum atomic E-state index is 5.63. The van der Waals surface area contributed by atoms with E-state index in [1.165, 1.54) is 0 Å². The van der Waals surface area contributed by atoms with Gasteiger partial charge in [0.05, 0.1) is 5.69 Å². The second-order valence-electron chi connectivity index (χ2n) is 5.41. The van der Waals surface area contributed by atoms with Crippen LogP contribution in [0.5, 0.6) is 0 Å². The number of nitrogens with two attached hydrogens (primary N) is 1. The smallest absolute Gasteiger partial charge is 0.0640 e. The van der Waals surface area contributed by atoms with E-state index < -0.39 is 0 Å². The summed E-state index contributed by atoms with van der Waals surface area (Å²) in [5.74, 6) is 6.12. The minimum absolute atomic E-state index is 0.241. The first-order chi connectivity index (χ1) is 9.10. The fourth-order valence-electron chi connectivity index (χ4n) is 2.22. The minimum atomic E-state index is 0.241. The lowest BCUT2D eigenvalue weighted by Crippen LogP contribution is -2.38. The molecule has 3 atom stereocenters. The molecule has 0 radical (unpaired) electrons. The Morgan fingerprint density at radius 2 is 2.21 bits per heavy atom. The summed E-state index contributed by atoms with van der Waals surface area (Å²) in [6, 6.07) is 2.77. The van der Waals surface area contributed by atoms with Crippen LogP contribution in [0, 0.1) is 5.92 Å². The second kappa shape index (κ2) is 8.30. The molecule has 0 aromatic carbocycles. The summed E-state index contributed by atoms with van der Waals surface area (Å²) in [6.07, 6.45) is 4.98. The summed E-state index contributed by atoms with van der Waals surface area (Å²) in [5.41, 5.74) is 3.98. The van der Waals surface area contributed by atoms with Crippen LogP contribution in [0.1, 0.15) is 45.3 Å². The van der Waals surface area contributed by atoms with Crippen molar-refractivity contribution in [2.75, 3.05) is 13.7 Å². The monoisotopic (exact) mass is 268 g/mol. The highest BCUT2D eigenvalue weighted by atomic mass is 16.5. The van der Waals surface area contributed by atoms with E-state index in [4.69, 9.17) is 10.6 Å². The lowest BCUT2D eigenvalue weighted by atomic mass is 9.99. The average Bonchev–Trinajstić information content (AvgIpc) is 2.85. The number of aromatic nitrogens is 2. The van der Waals surface area contributed by atoms with E-state index in [1.807, 2.05) is 4.68 Å². The van der Waals surface area contributed by atoms with Crippen LogP contribution in [-0.2, 0) is 11.2 Å². The molecule has 5 nitrogen and oxygen atoms in total. The molecule has 0 aliphatic rings. The minimum Gasteiger partial charge on any atom is -0.384 e. The molecule has 0 bridgehead atoms. The molecule has 0 saturated carbocycles. The molecule has 1 heterocycles. The van der Waals surface area contributed by atoms with Gasteiger partial charge < -0.3 is 4.74 Å². The van der Waals surface area contributed by atoms with Crippen LogP contribution in [0.3, 0.4) is 0 Å². The standard InChI is InChI=1S/C14H28N4O/c1-5-12(3)18-7-6-13(17-18)9-14(16-15)8-11(2)10-19-4/h6-7,11-12,14,16H,5,8-10,15H2,1-4H3. The Hall–Kier alpha value is -0.910. The molecule has 1 aromatic rings. The summed E-state index contributed by atoms with van der Waals surface area (Å²) < 4.78 is 7.19. The highest BCUT2D eigenvalue weighted by Gasteiger charge is 2.14. The zero-order valence-corrected chi connectivity index (χ0v) is 12.6. The fraction of sp³-hybridized carbons (Fsp3) is 0.786. The first-order valence-electron chi connectivity index (χ1n) is 7.09. The summed E-state index contributed by atoms with van der Waals surface area (Å²) >= 11 is 0. The van der Waals surface area contributed by atoms with E-state index in [0.717, 1.165) is 31.6 Å². The molecule has 1 rings (SSSR count). The van der Waals surface area contributed by atoms with Crippen LogP contribution >= 0.6 is 0 Å². The van der Waals surface area contributed by atoms with Gasteiger partial charge in [0.15, 0.2) is 0 Å². The zero-order chi connectivity index (χ0) is 14.3. The Labute approximate surface area is 116 Å². The van der Waals surface area contributed by atoms with E-state index in [2.05, 4.69) is 43.6 Å². The number of rotatable bonds is 9. The third-order valence-electron chi connectivity index (χ3n) is 3.54. The highest BCUT2D eigenvalue weighted by molar-refractivity contribution is 5.02. The van der Waals surface area contributed by atoms with E-state index in [9.17, 15) is 0 Å². The number of hydrogen-bond acceptors (Lipinski definition) is 4. The Morgan fingerprint density at radius 1 is 1.47 bits per heavy atom. The van der Waals surface area contributed by atoms with Crippen LogP contribution in [-0.4, -0.2) is 29.5 Å². The molecule has 5 heteroatoms. The lowest BCUT2D eigenvalue weighted by molar-refractivity contribution is 0.149. The summed E-state index contributed by atoms with van der Waals surface area (Å²) in [7, 11) is 1.73. The Bertz CT molecular complexity index is 353. The van der Waals surface area contributed by atoms with Crippen molar-refractivity contribution in [2.24, 2.45) is 11.8 Å². The van der Waals surface area contributed by atoms with Gasteiger partial charge in [0.1, 0.15) is 0 Å². The quantitative estimate of drug-likeness (QED) is 0.530. The van der Waals surface area contributed by atoms with E-state index in [0.29, 0.717) is 12.0 Å². The molecule has 3 unspecified atom stereocenters. The predicted molar refractivity (Wildman–Crippen MR) is 77.7 cm³/mol. The van der Waals surface area contributed by atoms with Crippen molar-refractivity contribution in [1.82, 2.24) is 15.2 Å². The van der Waals surface area contributed by atoms with Gasteiger partial charge in [0.25, 0.3) is 0 Å². The zero-order valence-electron chi connectivity index (χ0n) is 12.6. The fourth-order valence-corrected chi connectivity index (χ4v) is 2.22. The predicted octanol–water partition coefficient (Wildman–Crippen LogP) is 1.90. The van der Waals surface area contributed by atoms with Gasteiger partial charge in [-0.25, -0.2) is 0 Å². The van der Waals surface area contributed by atoms with E-state index in [-0.39, 0.29) is 6.04 Å². The third kappa shape index (κ3) is 5.30. The Balaban J connectivity index is 2.53. The van der Waals surface area contributed by atoms with Crippen molar-refractivity contribution in [1.29, 1.82) is 0 Å². The summed E-state index contributed by atoms with van der Waals surface area (Å²) in [4.78, 5) is 0. The number of hydrazine groups is 1. The topological polar surface area (TPSA) is 65.1 Å². The van der Waals surface area contributed by atoms with E-state index in [1.54, 1.807) is 7.11 Å². The van der Waals surface area contributed by atoms with Gasteiger partial charge in [-0.05, 0) is 31.7 Å². The molecule has 19 heavy (non-hydrogen) atoms. The van der Waals surface area contributed by atoms with Crippen LogP contribution < -0.4 is 11.3 Å². The van der Waals surface area contributed by atoms with Gasteiger partial charge >= 0.3 is 0 Å². The van der Waals surface area contributed by atoms with Crippen molar-refractivity contribution in [3.05, 3.63) is 18.0 Å². The van der Waals surface area contributed by atoms with Crippen molar-refractivity contribution < 1.29 is 4.74 Å². The number of ether oxygens (including phenoxy) is 1. The molecule has 1 aromatic heterocycles. The third-order valence-corrected chi connectivity index (χ3v) is 3.54. The van der Waals surface area contributed by atoms with Crippen molar-refractivity contribution in [3.8, 4) is 0 Å². The molecule has 0 fully saturated rings. The highest BCUT2D eigenvalue weighted by Crippen LogP contribution is 2.13.